The number of ether oxygens (including phenoxy) is 2. The van der Waals surface area contributed by atoms with E-state index in [2.05, 4.69) is 40.7 Å². The molecule has 4 heteroatoms. The molecule has 0 unspecified atom stereocenters. The standard InChI is InChI=1S/C22H34O4/c1-12(2)13-11-14-15(16(23)18(13)25-6)22(5)10-8-9-21(3,4)20(22)17(24)19(14)26-7/h11-12,17,19-20,23-24H,8-10H2,1-7H3/t17-,19-,20-,22+/m0/s1. The lowest BCUT2D eigenvalue weighted by molar-refractivity contribution is -0.125. The average Bonchev–Trinajstić information content (AvgIpc) is 2.53. The molecule has 146 valence electrons. The van der Waals surface area contributed by atoms with E-state index in [9.17, 15) is 10.2 Å². The zero-order chi connectivity index (χ0) is 19.4. The summed E-state index contributed by atoms with van der Waals surface area (Å²) in [5.74, 6) is 1.01. The first-order valence-corrected chi connectivity index (χ1v) is 9.75. The molecule has 0 heterocycles. The van der Waals surface area contributed by atoms with Crippen LogP contribution in [-0.4, -0.2) is 30.5 Å². The average molecular weight is 363 g/mol. The molecule has 3 rings (SSSR count). The summed E-state index contributed by atoms with van der Waals surface area (Å²) >= 11 is 0. The Kier molecular flexibility index (Phi) is 4.81. The second kappa shape index (κ2) is 6.42. The minimum Gasteiger partial charge on any atom is -0.504 e. The van der Waals surface area contributed by atoms with E-state index in [1.165, 1.54) is 0 Å². The maximum Gasteiger partial charge on any atom is 0.164 e. The van der Waals surface area contributed by atoms with Crippen LogP contribution in [0, 0.1) is 11.3 Å². The molecule has 0 spiro atoms. The van der Waals surface area contributed by atoms with E-state index < -0.39 is 12.2 Å². The first kappa shape index (κ1) is 19.5. The zero-order valence-electron chi connectivity index (χ0n) is 17.2. The van der Waals surface area contributed by atoms with Gasteiger partial charge in [-0.3, -0.25) is 0 Å². The summed E-state index contributed by atoms with van der Waals surface area (Å²) in [7, 11) is 3.26. The molecule has 4 nitrogen and oxygen atoms in total. The third-order valence-corrected chi connectivity index (χ3v) is 6.97. The lowest BCUT2D eigenvalue weighted by Crippen LogP contribution is -2.56. The predicted octanol–water partition coefficient (Wildman–Crippen LogP) is 4.67. The molecule has 0 bridgehead atoms. The summed E-state index contributed by atoms with van der Waals surface area (Å²) < 4.78 is 11.4. The topological polar surface area (TPSA) is 58.9 Å². The molecule has 26 heavy (non-hydrogen) atoms. The van der Waals surface area contributed by atoms with Crippen LogP contribution >= 0.6 is 0 Å². The van der Waals surface area contributed by atoms with Gasteiger partial charge in [-0.1, -0.05) is 41.0 Å². The molecule has 1 saturated carbocycles. The number of rotatable bonds is 3. The Balaban J connectivity index is 2.35. The van der Waals surface area contributed by atoms with Crippen molar-refractivity contribution in [2.45, 2.75) is 77.4 Å². The van der Waals surface area contributed by atoms with E-state index in [1.807, 2.05) is 0 Å². The molecule has 4 atom stereocenters. The second-order valence-corrected chi connectivity index (χ2v) is 9.35. The van der Waals surface area contributed by atoms with Gasteiger partial charge in [-0.05, 0) is 35.8 Å². The number of hydrogen-bond acceptors (Lipinski definition) is 4. The molecule has 2 aliphatic rings. The Morgan fingerprint density at radius 2 is 1.81 bits per heavy atom. The van der Waals surface area contributed by atoms with Gasteiger partial charge in [-0.2, -0.15) is 0 Å². The lowest BCUT2D eigenvalue weighted by Gasteiger charge is -2.57. The molecule has 1 aromatic rings. The summed E-state index contributed by atoms with van der Waals surface area (Å²) in [5, 5.41) is 22.6. The van der Waals surface area contributed by atoms with Gasteiger partial charge < -0.3 is 19.7 Å². The number of phenols is 1. The van der Waals surface area contributed by atoms with Gasteiger partial charge in [-0.15, -0.1) is 0 Å². The minimum absolute atomic E-state index is 0.0155. The highest BCUT2D eigenvalue weighted by molar-refractivity contribution is 5.61. The van der Waals surface area contributed by atoms with Gasteiger partial charge in [0.15, 0.2) is 11.5 Å². The van der Waals surface area contributed by atoms with Crippen LogP contribution in [0.25, 0.3) is 0 Å². The van der Waals surface area contributed by atoms with Gasteiger partial charge in [0.1, 0.15) is 6.10 Å². The molecule has 0 saturated heterocycles. The second-order valence-electron chi connectivity index (χ2n) is 9.35. The highest BCUT2D eigenvalue weighted by atomic mass is 16.5. The summed E-state index contributed by atoms with van der Waals surface area (Å²) in [6.07, 6.45) is 2.06. The SMILES string of the molecule is COc1c(C(C)C)cc2c(c1O)[C@@]1(C)CCCC(C)(C)[C@@H]1[C@@H](O)[C@H]2OC. The van der Waals surface area contributed by atoms with E-state index in [-0.39, 0.29) is 28.4 Å². The lowest BCUT2D eigenvalue weighted by atomic mass is 9.48. The van der Waals surface area contributed by atoms with Gasteiger partial charge in [0.05, 0.1) is 13.2 Å². The summed E-state index contributed by atoms with van der Waals surface area (Å²) in [6.45, 7) is 10.8. The largest absolute Gasteiger partial charge is 0.504 e. The van der Waals surface area contributed by atoms with Crippen molar-refractivity contribution in [1.82, 2.24) is 0 Å². The number of aliphatic hydroxyl groups excluding tert-OH is 1. The van der Waals surface area contributed by atoms with Crippen molar-refractivity contribution in [3.05, 3.63) is 22.8 Å². The van der Waals surface area contributed by atoms with E-state index in [4.69, 9.17) is 9.47 Å². The first-order chi connectivity index (χ1) is 12.1. The van der Waals surface area contributed by atoms with Gasteiger partial charge in [0.25, 0.3) is 0 Å². The number of fused-ring (bicyclic) bond motifs is 3. The maximum absolute atomic E-state index is 11.3. The molecule has 1 aromatic carbocycles. The quantitative estimate of drug-likeness (QED) is 0.820. The van der Waals surface area contributed by atoms with Crippen LogP contribution in [0.3, 0.4) is 0 Å². The number of phenolic OH excluding ortho intramolecular Hbond substituents is 1. The Hall–Kier alpha value is -1.26. The number of benzene rings is 1. The fourth-order valence-electron chi connectivity index (χ4n) is 5.99. The Morgan fingerprint density at radius 3 is 2.35 bits per heavy atom. The van der Waals surface area contributed by atoms with E-state index in [0.717, 1.165) is 36.0 Å². The van der Waals surface area contributed by atoms with Crippen LogP contribution in [0.15, 0.2) is 6.07 Å². The monoisotopic (exact) mass is 362 g/mol. The highest BCUT2D eigenvalue weighted by Gasteiger charge is 2.58. The van der Waals surface area contributed by atoms with Gasteiger partial charge in [-0.25, -0.2) is 0 Å². The van der Waals surface area contributed by atoms with Crippen LogP contribution < -0.4 is 4.74 Å². The van der Waals surface area contributed by atoms with E-state index in [1.54, 1.807) is 14.2 Å². The van der Waals surface area contributed by atoms with Crippen molar-refractivity contribution in [3.63, 3.8) is 0 Å². The first-order valence-electron chi connectivity index (χ1n) is 9.75. The molecule has 2 N–H and O–H groups in total. The number of aliphatic hydroxyl groups is 1. The molecule has 1 fully saturated rings. The van der Waals surface area contributed by atoms with Crippen LogP contribution in [0.1, 0.15) is 82.6 Å². The number of methoxy groups -OCH3 is 2. The van der Waals surface area contributed by atoms with Crippen molar-refractivity contribution in [2.75, 3.05) is 14.2 Å². The smallest absolute Gasteiger partial charge is 0.164 e. The molecule has 2 aliphatic carbocycles. The van der Waals surface area contributed by atoms with E-state index >= 15 is 0 Å². The van der Waals surface area contributed by atoms with Crippen LogP contribution in [0.5, 0.6) is 11.5 Å². The third kappa shape index (κ3) is 2.56. The van der Waals surface area contributed by atoms with Crippen molar-refractivity contribution in [1.29, 1.82) is 0 Å². The Morgan fingerprint density at radius 1 is 1.15 bits per heavy atom. The molecular weight excluding hydrogens is 328 g/mol. The van der Waals surface area contributed by atoms with Crippen molar-refractivity contribution in [2.24, 2.45) is 11.3 Å². The number of aromatic hydroxyl groups is 1. The highest BCUT2D eigenvalue weighted by Crippen LogP contribution is 2.62. The Labute approximate surface area is 157 Å². The summed E-state index contributed by atoms with van der Waals surface area (Å²) in [4.78, 5) is 0. The Bertz CT molecular complexity index is 694. The molecule has 0 amide bonds. The van der Waals surface area contributed by atoms with Crippen LogP contribution in [-0.2, 0) is 10.2 Å². The fourth-order valence-corrected chi connectivity index (χ4v) is 5.99. The number of hydrogen-bond donors (Lipinski definition) is 2. The molecular formula is C22H34O4. The molecule has 0 aliphatic heterocycles. The third-order valence-electron chi connectivity index (χ3n) is 6.97. The summed E-state index contributed by atoms with van der Waals surface area (Å²) in [5.41, 5.74) is 2.44. The van der Waals surface area contributed by atoms with Crippen LogP contribution in [0.2, 0.25) is 0 Å². The molecule has 0 aromatic heterocycles. The van der Waals surface area contributed by atoms with E-state index in [0.29, 0.717) is 5.75 Å². The van der Waals surface area contributed by atoms with Gasteiger partial charge in [0, 0.05) is 29.6 Å². The van der Waals surface area contributed by atoms with Gasteiger partial charge in [0.2, 0.25) is 0 Å². The maximum atomic E-state index is 11.3. The normalized spacial score (nSPS) is 32.9. The van der Waals surface area contributed by atoms with Crippen molar-refractivity contribution in [3.8, 4) is 11.5 Å². The minimum atomic E-state index is -0.597. The summed E-state index contributed by atoms with van der Waals surface area (Å²) in [6, 6.07) is 2.08. The molecule has 0 radical (unpaired) electrons. The van der Waals surface area contributed by atoms with Crippen molar-refractivity contribution < 1.29 is 19.7 Å². The van der Waals surface area contributed by atoms with Gasteiger partial charge >= 0.3 is 0 Å². The zero-order valence-corrected chi connectivity index (χ0v) is 17.2. The van der Waals surface area contributed by atoms with Crippen LogP contribution in [0.4, 0.5) is 0 Å². The van der Waals surface area contributed by atoms with Crippen molar-refractivity contribution >= 4 is 0 Å². The fraction of sp³-hybridized carbons (Fsp3) is 0.727. The predicted molar refractivity (Wildman–Crippen MR) is 103 cm³/mol.